The molecule has 0 saturated heterocycles. The molecule has 2 heterocycles. The van der Waals surface area contributed by atoms with Gasteiger partial charge in [-0.1, -0.05) is 23.7 Å². The van der Waals surface area contributed by atoms with E-state index < -0.39 is 0 Å². The van der Waals surface area contributed by atoms with Gasteiger partial charge in [-0.3, -0.25) is 14.2 Å². The number of hydrogen-bond acceptors (Lipinski definition) is 3. The Labute approximate surface area is 165 Å². The van der Waals surface area contributed by atoms with E-state index in [0.29, 0.717) is 17.3 Å². The Bertz CT molecular complexity index is 943. The molecule has 0 aliphatic heterocycles. The molecular formula is C18H19BrClN5O. The SMILES string of the molecule is Cc1nn(CC(=O)Nc2cccc(Cn3nc(C)c(Br)c3C)c2)cc1Cl. The fraction of sp³-hybridized carbons (Fsp3) is 0.278. The zero-order chi connectivity index (χ0) is 18.8. The number of rotatable bonds is 5. The fourth-order valence-electron chi connectivity index (χ4n) is 2.67. The van der Waals surface area contributed by atoms with Crippen molar-refractivity contribution in [2.45, 2.75) is 33.9 Å². The number of amides is 1. The second kappa shape index (κ2) is 7.63. The van der Waals surface area contributed by atoms with Crippen molar-refractivity contribution in [3.8, 4) is 0 Å². The number of carbonyl (C=O) groups excluding carboxylic acids is 1. The van der Waals surface area contributed by atoms with Gasteiger partial charge in [-0.05, 0) is 54.4 Å². The maximum atomic E-state index is 12.2. The molecule has 0 unspecified atom stereocenters. The van der Waals surface area contributed by atoms with Crippen LogP contribution in [0.3, 0.4) is 0 Å². The largest absolute Gasteiger partial charge is 0.324 e. The van der Waals surface area contributed by atoms with E-state index in [1.54, 1.807) is 13.1 Å². The van der Waals surface area contributed by atoms with Gasteiger partial charge in [0.25, 0.3) is 0 Å². The molecule has 0 bridgehead atoms. The van der Waals surface area contributed by atoms with Gasteiger partial charge in [-0.25, -0.2) is 0 Å². The Hall–Kier alpha value is -2.12. The summed E-state index contributed by atoms with van der Waals surface area (Å²) in [6.45, 7) is 6.54. The van der Waals surface area contributed by atoms with Crippen LogP contribution in [0.2, 0.25) is 5.02 Å². The average Bonchev–Trinajstić information content (AvgIpc) is 3.01. The third-order valence-electron chi connectivity index (χ3n) is 4.03. The van der Waals surface area contributed by atoms with Crippen LogP contribution in [-0.2, 0) is 17.9 Å². The van der Waals surface area contributed by atoms with Gasteiger partial charge in [0.2, 0.25) is 5.91 Å². The highest BCUT2D eigenvalue weighted by Crippen LogP contribution is 2.21. The monoisotopic (exact) mass is 435 g/mol. The molecule has 2 aromatic heterocycles. The van der Waals surface area contributed by atoms with Crippen molar-refractivity contribution in [2.24, 2.45) is 0 Å². The summed E-state index contributed by atoms with van der Waals surface area (Å²) in [7, 11) is 0. The summed E-state index contributed by atoms with van der Waals surface area (Å²) >= 11 is 9.51. The van der Waals surface area contributed by atoms with Crippen molar-refractivity contribution in [2.75, 3.05) is 5.32 Å². The number of aryl methyl sites for hydroxylation is 2. The van der Waals surface area contributed by atoms with E-state index in [4.69, 9.17) is 11.6 Å². The average molecular weight is 437 g/mol. The predicted molar refractivity (Wildman–Crippen MR) is 106 cm³/mol. The highest BCUT2D eigenvalue weighted by atomic mass is 79.9. The lowest BCUT2D eigenvalue weighted by molar-refractivity contribution is -0.116. The smallest absolute Gasteiger partial charge is 0.246 e. The van der Waals surface area contributed by atoms with Gasteiger partial charge in [0.1, 0.15) is 6.54 Å². The van der Waals surface area contributed by atoms with Crippen molar-refractivity contribution in [3.63, 3.8) is 0 Å². The van der Waals surface area contributed by atoms with Crippen LogP contribution in [0.25, 0.3) is 0 Å². The first-order chi connectivity index (χ1) is 12.3. The number of benzene rings is 1. The van der Waals surface area contributed by atoms with E-state index >= 15 is 0 Å². The Balaban J connectivity index is 1.68. The quantitative estimate of drug-likeness (QED) is 0.654. The third-order valence-corrected chi connectivity index (χ3v) is 5.55. The minimum Gasteiger partial charge on any atom is -0.324 e. The number of halogens is 2. The topological polar surface area (TPSA) is 64.7 Å². The van der Waals surface area contributed by atoms with Gasteiger partial charge in [0.05, 0.1) is 33.1 Å². The molecule has 0 atom stereocenters. The number of hydrogen-bond donors (Lipinski definition) is 1. The number of nitrogens with zero attached hydrogens (tertiary/aromatic N) is 4. The lowest BCUT2D eigenvalue weighted by Crippen LogP contribution is -2.19. The number of nitrogens with one attached hydrogen (secondary N) is 1. The van der Waals surface area contributed by atoms with E-state index in [9.17, 15) is 4.79 Å². The summed E-state index contributed by atoms with van der Waals surface area (Å²) < 4.78 is 4.49. The Kier molecular flexibility index (Phi) is 5.48. The molecule has 3 rings (SSSR count). The third kappa shape index (κ3) is 4.16. The van der Waals surface area contributed by atoms with E-state index in [1.807, 2.05) is 42.8 Å². The van der Waals surface area contributed by atoms with Crippen molar-refractivity contribution < 1.29 is 4.79 Å². The summed E-state index contributed by atoms with van der Waals surface area (Å²) in [6.07, 6.45) is 1.65. The van der Waals surface area contributed by atoms with Crippen LogP contribution in [0.1, 0.15) is 22.6 Å². The minimum absolute atomic E-state index is 0.113. The summed E-state index contributed by atoms with van der Waals surface area (Å²) in [5.74, 6) is -0.157. The molecule has 1 N–H and O–H groups in total. The van der Waals surface area contributed by atoms with Crippen molar-refractivity contribution in [1.29, 1.82) is 0 Å². The maximum absolute atomic E-state index is 12.2. The van der Waals surface area contributed by atoms with Crippen LogP contribution in [0, 0.1) is 20.8 Å². The highest BCUT2D eigenvalue weighted by Gasteiger charge is 2.10. The van der Waals surface area contributed by atoms with Gasteiger partial charge < -0.3 is 5.32 Å². The molecule has 0 aliphatic rings. The molecule has 1 amide bonds. The molecule has 0 fully saturated rings. The first-order valence-corrected chi connectivity index (χ1v) is 9.28. The van der Waals surface area contributed by atoms with Gasteiger partial charge in [-0.15, -0.1) is 0 Å². The summed E-state index contributed by atoms with van der Waals surface area (Å²) in [6, 6.07) is 7.74. The lowest BCUT2D eigenvalue weighted by Gasteiger charge is -2.09. The number of aromatic nitrogens is 4. The molecule has 0 saturated carbocycles. The molecule has 136 valence electrons. The first kappa shape index (κ1) is 18.7. The second-order valence-corrected chi connectivity index (χ2v) is 7.35. The van der Waals surface area contributed by atoms with E-state index in [1.165, 1.54) is 4.68 Å². The van der Waals surface area contributed by atoms with Gasteiger partial charge in [0, 0.05) is 11.9 Å². The standard InChI is InChI=1S/C18H19BrClN5O/c1-11-16(20)9-24(22-11)10-17(26)21-15-6-4-5-14(7-15)8-25-13(3)18(19)12(2)23-25/h4-7,9H,8,10H2,1-3H3,(H,21,26). The summed E-state index contributed by atoms with van der Waals surface area (Å²) in [4.78, 5) is 12.2. The second-order valence-electron chi connectivity index (χ2n) is 6.15. The van der Waals surface area contributed by atoms with E-state index in [0.717, 1.165) is 27.1 Å². The number of carbonyl (C=O) groups is 1. The van der Waals surface area contributed by atoms with Crippen LogP contribution in [-0.4, -0.2) is 25.5 Å². The van der Waals surface area contributed by atoms with Crippen LogP contribution < -0.4 is 5.32 Å². The zero-order valence-electron chi connectivity index (χ0n) is 14.8. The normalized spacial score (nSPS) is 11.0. The molecule has 0 radical (unpaired) electrons. The van der Waals surface area contributed by atoms with Crippen molar-refractivity contribution in [1.82, 2.24) is 19.6 Å². The number of anilines is 1. The van der Waals surface area contributed by atoms with E-state index in [-0.39, 0.29) is 12.5 Å². The van der Waals surface area contributed by atoms with Crippen LogP contribution in [0.15, 0.2) is 34.9 Å². The van der Waals surface area contributed by atoms with Crippen LogP contribution in [0.5, 0.6) is 0 Å². The molecule has 6 nitrogen and oxygen atoms in total. The van der Waals surface area contributed by atoms with Gasteiger partial charge in [-0.2, -0.15) is 10.2 Å². The Morgan fingerprint density at radius 1 is 1.23 bits per heavy atom. The first-order valence-electron chi connectivity index (χ1n) is 8.11. The molecule has 8 heteroatoms. The summed E-state index contributed by atoms with van der Waals surface area (Å²) in [5.41, 5.74) is 4.53. The predicted octanol–water partition coefficient (Wildman–Crippen LogP) is 4.11. The highest BCUT2D eigenvalue weighted by molar-refractivity contribution is 9.10. The Morgan fingerprint density at radius 2 is 2.00 bits per heavy atom. The molecule has 1 aromatic carbocycles. The molecule has 0 spiro atoms. The van der Waals surface area contributed by atoms with Crippen molar-refractivity contribution in [3.05, 3.63) is 62.6 Å². The summed E-state index contributed by atoms with van der Waals surface area (Å²) in [5, 5.41) is 12.2. The maximum Gasteiger partial charge on any atom is 0.246 e. The Morgan fingerprint density at radius 3 is 2.62 bits per heavy atom. The van der Waals surface area contributed by atoms with Gasteiger partial charge in [0.15, 0.2) is 0 Å². The van der Waals surface area contributed by atoms with Crippen LogP contribution >= 0.6 is 27.5 Å². The lowest BCUT2D eigenvalue weighted by atomic mass is 10.2. The molecular weight excluding hydrogens is 418 g/mol. The zero-order valence-corrected chi connectivity index (χ0v) is 17.1. The molecule has 26 heavy (non-hydrogen) atoms. The molecule has 3 aromatic rings. The molecule has 0 aliphatic carbocycles. The fourth-order valence-corrected chi connectivity index (χ4v) is 3.11. The minimum atomic E-state index is -0.157. The van der Waals surface area contributed by atoms with Crippen molar-refractivity contribution >= 4 is 39.1 Å². The van der Waals surface area contributed by atoms with E-state index in [2.05, 4.69) is 31.4 Å². The van der Waals surface area contributed by atoms with Crippen LogP contribution in [0.4, 0.5) is 5.69 Å². The van der Waals surface area contributed by atoms with Gasteiger partial charge >= 0.3 is 0 Å².